The largest absolute Gasteiger partial charge is 0.506 e. The van der Waals surface area contributed by atoms with Gasteiger partial charge in [0.25, 0.3) is 5.91 Å². The van der Waals surface area contributed by atoms with Crippen LogP contribution >= 0.6 is 0 Å². The summed E-state index contributed by atoms with van der Waals surface area (Å²) in [6.07, 6.45) is 2.57. The van der Waals surface area contributed by atoms with E-state index in [1.165, 1.54) is 18.3 Å². The van der Waals surface area contributed by atoms with Gasteiger partial charge in [-0.15, -0.1) is 0 Å². The second kappa shape index (κ2) is 8.98. The molecule has 1 aromatic rings. The summed E-state index contributed by atoms with van der Waals surface area (Å²) in [4.78, 5) is 21.9. The minimum absolute atomic E-state index is 0.0731. The molecule has 0 spiro atoms. The van der Waals surface area contributed by atoms with Crippen LogP contribution in [0.25, 0.3) is 0 Å². The first-order valence-electron chi connectivity index (χ1n) is 6.29. The summed E-state index contributed by atoms with van der Waals surface area (Å²) < 4.78 is 0. The van der Waals surface area contributed by atoms with Crippen molar-refractivity contribution < 1.29 is 14.7 Å². The molecule has 1 aromatic carbocycles. The molecule has 0 atom stereocenters. The average Bonchev–Trinajstić information content (AvgIpc) is 2.49. The molecule has 4 N–H and O–H groups in total. The SMILES string of the molecule is N#C/C(=C/NCCCNC=O)C(=O)Nc1ccccc1O. The number of para-hydroxylation sites is 2. The molecule has 0 aromatic heterocycles. The molecular formula is C14H16N4O3. The third-order valence-corrected chi connectivity index (χ3v) is 2.49. The maximum absolute atomic E-state index is 11.9. The number of hydrogen-bond donors (Lipinski definition) is 4. The molecule has 0 radical (unpaired) electrons. The number of carbonyl (C=O) groups is 2. The number of nitriles is 1. The van der Waals surface area contributed by atoms with Crippen LogP contribution in [0.4, 0.5) is 5.69 Å². The maximum Gasteiger partial charge on any atom is 0.267 e. The Hall–Kier alpha value is -3.01. The monoisotopic (exact) mass is 288 g/mol. The number of phenolic OH excluding ortho intramolecular Hbond substituents is 1. The fourth-order valence-electron chi connectivity index (χ4n) is 1.44. The van der Waals surface area contributed by atoms with Gasteiger partial charge in [0, 0.05) is 19.3 Å². The van der Waals surface area contributed by atoms with E-state index in [2.05, 4.69) is 16.0 Å². The summed E-state index contributed by atoms with van der Waals surface area (Å²) in [5, 5.41) is 26.2. The van der Waals surface area contributed by atoms with Gasteiger partial charge in [-0.25, -0.2) is 0 Å². The number of benzene rings is 1. The van der Waals surface area contributed by atoms with E-state index in [9.17, 15) is 14.7 Å². The Bertz CT molecular complexity index is 564. The Labute approximate surface area is 122 Å². The molecular weight excluding hydrogens is 272 g/mol. The Balaban J connectivity index is 2.51. The predicted molar refractivity (Wildman–Crippen MR) is 77.1 cm³/mol. The summed E-state index contributed by atoms with van der Waals surface area (Å²) in [5.41, 5.74) is 0.125. The van der Waals surface area contributed by atoms with E-state index in [0.717, 1.165) is 0 Å². The Kier molecular flexibility index (Phi) is 6.86. The number of nitrogens with one attached hydrogen (secondary N) is 3. The molecule has 21 heavy (non-hydrogen) atoms. The highest BCUT2D eigenvalue weighted by molar-refractivity contribution is 6.07. The summed E-state index contributed by atoms with van der Waals surface area (Å²) in [5.74, 6) is -0.687. The number of phenols is 1. The van der Waals surface area contributed by atoms with Crippen molar-refractivity contribution in [3.05, 3.63) is 36.0 Å². The van der Waals surface area contributed by atoms with Crippen molar-refractivity contribution in [1.29, 1.82) is 5.26 Å². The smallest absolute Gasteiger partial charge is 0.267 e. The molecule has 110 valence electrons. The predicted octanol–water partition coefficient (Wildman–Crippen LogP) is 0.464. The summed E-state index contributed by atoms with van der Waals surface area (Å²) in [6, 6.07) is 8.02. The fourth-order valence-corrected chi connectivity index (χ4v) is 1.44. The Morgan fingerprint density at radius 1 is 1.29 bits per heavy atom. The molecule has 0 aliphatic carbocycles. The molecule has 0 bridgehead atoms. The molecule has 0 unspecified atom stereocenters. The zero-order valence-corrected chi connectivity index (χ0v) is 11.3. The van der Waals surface area contributed by atoms with E-state index in [1.807, 2.05) is 0 Å². The summed E-state index contributed by atoms with van der Waals surface area (Å²) in [6.45, 7) is 1.02. The van der Waals surface area contributed by atoms with Crippen LogP contribution in [-0.4, -0.2) is 30.5 Å². The molecule has 0 aliphatic rings. The van der Waals surface area contributed by atoms with Gasteiger partial charge in [0.05, 0.1) is 5.69 Å². The first-order chi connectivity index (χ1) is 10.2. The van der Waals surface area contributed by atoms with E-state index in [1.54, 1.807) is 18.2 Å². The number of carbonyl (C=O) groups excluding carboxylic acids is 2. The van der Waals surface area contributed by atoms with Crippen LogP contribution in [0, 0.1) is 11.3 Å². The number of aromatic hydroxyl groups is 1. The number of rotatable bonds is 8. The normalized spacial score (nSPS) is 10.3. The zero-order chi connectivity index (χ0) is 15.5. The van der Waals surface area contributed by atoms with Gasteiger partial charge < -0.3 is 21.1 Å². The van der Waals surface area contributed by atoms with Crippen molar-refractivity contribution in [2.75, 3.05) is 18.4 Å². The second-order valence-corrected chi connectivity index (χ2v) is 4.02. The number of amides is 2. The minimum Gasteiger partial charge on any atom is -0.506 e. The van der Waals surface area contributed by atoms with Crippen molar-refractivity contribution in [3.63, 3.8) is 0 Å². The van der Waals surface area contributed by atoms with Gasteiger partial charge in [-0.3, -0.25) is 9.59 Å². The Morgan fingerprint density at radius 3 is 2.67 bits per heavy atom. The van der Waals surface area contributed by atoms with Gasteiger partial charge in [0.2, 0.25) is 6.41 Å². The van der Waals surface area contributed by atoms with E-state index in [0.29, 0.717) is 25.9 Å². The van der Waals surface area contributed by atoms with E-state index < -0.39 is 5.91 Å². The van der Waals surface area contributed by atoms with Crippen LogP contribution in [0.5, 0.6) is 5.75 Å². The van der Waals surface area contributed by atoms with Crippen molar-refractivity contribution in [1.82, 2.24) is 10.6 Å². The quantitative estimate of drug-likeness (QED) is 0.182. The van der Waals surface area contributed by atoms with Gasteiger partial charge in [-0.2, -0.15) is 5.26 Å². The van der Waals surface area contributed by atoms with Gasteiger partial charge in [-0.05, 0) is 18.6 Å². The zero-order valence-electron chi connectivity index (χ0n) is 11.3. The molecule has 7 heteroatoms. The molecule has 0 heterocycles. The van der Waals surface area contributed by atoms with E-state index >= 15 is 0 Å². The molecule has 0 saturated heterocycles. The standard InChI is InChI=1S/C14H16N4O3/c15-8-11(9-16-6-3-7-17-10-19)14(21)18-12-4-1-2-5-13(12)20/h1-2,4-5,9-10,16,20H,3,6-7H2,(H,17,19)(H,18,21)/b11-9-. The van der Waals surface area contributed by atoms with Gasteiger partial charge in [0.15, 0.2) is 0 Å². The van der Waals surface area contributed by atoms with E-state index in [-0.39, 0.29) is 17.0 Å². The topological polar surface area (TPSA) is 114 Å². The number of nitrogens with zero attached hydrogens (tertiary/aromatic N) is 1. The van der Waals surface area contributed by atoms with Crippen LogP contribution in [-0.2, 0) is 9.59 Å². The highest BCUT2D eigenvalue weighted by atomic mass is 16.3. The number of hydrogen-bond acceptors (Lipinski definition) is 5. The lowest BCUT2D eigenvalue weighted by Crippen LogP contribution is -2.20. The summed E-state index contributed by atoms with van der Waals surface area (Å²) >= 11 is 0. The lowest BCUT2D eigenvalue weighted by molar-refractivity contribution is -0.112. The lowest BCUT2D eigenvalue weighted by atomic mass is 10.2. The maximum atomic E-state index is 11.9. The molecule has 0 saturated carbocycles. The second-order valence-electron chi connectivity index (χ2n) is 4.02. The van der Waals surface area contributed by atoms with Crippen molar-refractivity contribution in [2.24, 2.45) is 0 Å². The van der Waals surface area contributed by atoms with Crippen molar-refractivity contribution >= 4 is 18.0 Å². The first-order valence-corrected chi connectivity index (χ1v) is 6.29. The third-order valence-electron chi connectivity index (χ3n) is 2.49. The van der Waals surface area contributed by atoms with Crippen molar-refractivity contribution in [2.45, 2.75) is 6.42 Å². The van der Waals surface area contributed by atoms with Crippen LogP contribution in [0.1, 0.15) is 6.42 Å². The van der Waals surface area contributed by atoms with Crippen molar-refractivity contribution in [3.8, 4) is 11.8 Å². The summed E-state index contributed by atoms with van der Waals surface area (Å²) in [7, 11) is 0. The van der Waals surface area contributed by atoms with Crippen LogP contribution in [0.2, 0.25) is 0 Å². The minimum atomic E-state index is -0.613. The highest BCUT2D eigenvalue weighted by Gasteiger charge is 2.10. The molecule has 0 fully saturated rings. The first kappa shape index (κ1) is 16.0. The molecule has 0 aliphatic heterocycles. The molecule has 7 nitrogen and oxygen atoms in total. The van der Waals surface area contributed by atoms with E-state index in [4.69, 9.17) is 5.26 Å². The number of anilines is 1. The Morgan fingerprint density at radius 2 is 2.00 bits per heavy atom. The lowest BCUT2D eigenvalue weighted by Gasteiger charge is -2.06. The highest BCUT2D eigenvalue weighted by Crippen LogP contribution is 2.21. The van der Waals surface area contributed by atoms with Gasteiger partial charge in [-0.1, -0.05) is 12.1 Å². The third kappa shape index (κ3) is 5.65. The van der Waals surface area contributed by atoms with Gasteiger partial charge in [0.1, 0.15) is 17.4 Å². The van der Waals surface area contributed by atoms with Crippen LogP contribution in [0.3, 0.4) is 0 Å². The average molecular weight is 288 g/mol. The molecule has 1 rings (SSSR count). The molecule has 2 amide bonds. The van der Waals surface area contributed by atoms with Gasteiger partial charge >= 0.3 is 0 Å². The van der Waals surface area contributed by atoms with Crippen LogP contribution in [0.15, 0.2) is 36.0 Å². The fraction of sp³-hybridized carbons (Fsp3) is 0.214. The van der Waals surface area contributed by atoms with Crippen LogP contribution < -0.4 is 16.0 Å².